The van der Waals surface area contributed by atoms with Crippen LogP contribution in [0.5, 0.6) is 0 Å². The molecule has 0 aliphatic rings. The van der Waals surface area contributed by atoms with Crippen LogP contribution in [0.15, 0.2) is 22.7 Å². The van der Waals surface area contributed by atoms with Gasteiger partial charge < -0.3 is 5.32 Å². The third kappa shape index (κ3) is 5.82. The van der Waals surface area contributed by atoms with E-state index in [2.05, 4.69) is 21.2 Å². The summed E-state index contributed by atoms with van der Waals surface area (Å²) in [5.41, 5.74) is 0.887. The summed E-state index contributed by atoms with van der Waals surface area (Å²) in [5, 5.41) is 2.36. The summed E-state index contributed by atoms with van der Waals surface area (Å²) >= 11 is 3.24. The first kappa shape index (κ1) is 15.4. The first-order valence-corrected chi connectivity index (χ1v) is 6.28. The average Bonchev–Trinajstić information content (AvgIpc) is 2.20. The number of hydrogen-bond acceptors (Lipinski definition) is 1. The van der Waals surface area contributed by atoms with E-state index in [1.54, 1.807) is 6.07 Å². The summed E-state index contributed by atoms with van der Waals surface area (Å²) in [6.45, 7) is 1.13. The maximum Gasteiger partial charge on any atom is 0.401 e. The molecular formula is C12H14BrF4N. The molecule has 0 aliphatic carbocycles. The topological polar surface area (TPSA) is 12.0 Å². The number of rotatable bonds is 5. The van der Waals surface area contributed by atoms with Crippen LogP contribution in [0.2, 0.25) is 0 Å². The van der Waals surface area contributed by atoms with Crippen LogP contribution in [0.4, 0.5) is 17.6 Å². The van der Waals surface area contributed by atoms with Gasteiger partial charge in [0.25, 0.3) is 0 Å². The molecule has 1 rings (SSSR count). The van der Waals surface area contributed by atoms with Crippen LogP contribution in [0.1, 0.15) is 12.5 Å². The van der Waals surface area contributed by atoms with Gasteiger partial charge in [0.05, 0.1) is 6.54 Å². The Balaban J connectivity index is 2.42. The van der Waals surface area contributed by atoms with Crippen molar-refractivity contribution in [3.05, 3.63) is 34.1 Å². The second kappa shape index (κ2) is 6.52. The Bertz CT molecular complexity index is 392. The van der Waals surface area contributed by atoms with Crippen LogP contribution in [0.25, 0.3) is 0 Å². The van der Waals surface area contributed by atoms with E-state index in [0.717, 1.165) is 5.56 Å². The number of benzene rings is 1. The maximum absolute atomic E-state index is 12.9. The zero-order valence-corrected chi connectivity index (χ0v) is 11.4. The molecule has 0 fully saturated rings. The van der Waals surface area contributed by atoms with Gasteiger partial charge in [-0.25, -0.2) is 4.39 Å². The van der Waals surface area contributed by atoms with Gasteiger partial charge in [-0.1, -0.05) is 28.9 Å². The van der Waals surface area contributed by atoms with Gasteiger partial charge in [-0.3, -0.25) is 0 Å². The third-order valence-corrected chi connectivity index (χ3v) is 3.14. The largest absolute Gasteiger partial charge is 0.401 e. The number of nitrogens with one attached hydrogen (secondary N) is 1. The number of hydrogen-bond donors (Lipinski definition) is 1. The molecule has 1 nitrogen and oxygen atoms in total. The Morgan fingerprint density at radius 3 is 2.56 bits per heavy atom. The van der Waals surface area contributed by atoms with Crippen molar-refractivity contribution in [3.8, 4) is 0 Å². The highest BCUT2D eigenvalue weighted by Gasteiger charge is 2.26. The molecule has 0 bridgehead atoms. The first-order valence-electron chi connectivity index (χ1n) is 5.49. The van der Waals surface area contributed by atoms with Crippen LogP contribution in [-0.2, 0) is 6.42 Å². The van der Waals surface area contributed by atoms with E-state index in [0.29, 0.717) is 10.9 Å². The van der Waals surface area contributed by atoms with E-state index in [-0.39, 0.29) is 18.3 Å². The van der Waals surface area contributed by atoms with Crippen LogP contribution < -0.4 is 5.32 Å². The Hall–Kier alpha value is -0.620. The standard InChI is InChI=1S/C12H14BrF4N/c1-8(6-18-7-12(15,16)17)4-9-2-3-10(14)5-11(9)13/h2-3,5,8,18H,4,6-7H2,1H3. The Labute approximate surface area is 112 Å². The summed E-state index contributed by atoms with van der Waals surface area (Å²) in [7, 11) is 0. The number of halogens is 5. The summed E-state index contributed by atoms with van der Waals surface area (Å²) < 4.78 is 49.3. The van der Waals surface area contributed by atoms with E-state index in [9.17, 15) is 17.6 Å². The third-order valence-electron chi connectivity index (χ3n) is 2.40. The van der Waals surface area contributed by atoms with Crippen LogP contribution in [0, 0.1) is 11.7 Å². The van der Waals surface area contributed by atoms with Gasteiger partial charge in [0, 0.05) is 4.47 Å². The first-order chi connectivity index (χ1) is 8.28. The van der Waals surface area contributed by atoms with Gasteiger partial charge in [0.1, 0.15) is 5.82 Å². The van der Waals surface area contributed by atoms with Crippen molar-refractivity contribution in [3.63, 3.8) is 0 Å². The molecule has 102 valence electrons. The summed E-state index contributed by atoms with van der Waals surface area (Å²) in [6.07, 6.45) is -3.60. The highest BCUT2D eigenvalue weighted by atomic mass is 79.9. The van der Waals surface area contributed by atoms with Crippen LogP contribution >= 0.6 is 15.9 Å². The van der Waals surface area contributed by atoms with Gasteiger partial charge in [0.2, 0.25) is 0 Å². The monoisotopic (exact) mass is 327 g/mol. The summed E-state index contributed by atoms with van der Waals surface area (Å²) in [5.74, 6) is -0.303. The molecule has 0 aliphatic heterocycles. The summed E-state index contributed by atoms with van der Waals surface area (Å²) in [4.78, 5) is 0. The normalized spacial score (nSPS) is 13.7. The molecule has 0 amide bonds. The second-order valence-electron chi connectivity index (χ2n) is 4.29. The molecule has 1 unspecified atom stereocenters. The fraction of sp³-hybridized carbons (Fsp3) is 0.500. The average molecular weight is 328 g/mol. The number of alkyl halides is 3. The van der Waals surface area contributed by atoms with E-state index >= 15 is 0 Å². The Morgan fingerprint density at radius 1 is 1.33 bits per heavy atom. The highest BCUT2D eigenvalue weighted by Crippen LogP contribution is 2.21. The smallest absolute Gasteiger partial charge is 0.308 e. The molecule has 6 heteroatoms. The molecule has 1 atom stereocenters. The predicted molar refractivity (Wildman–Crippen MR) is 65.9 cm³/mol. The zero-order valence-electron chi connectivity index (χ0n) is 9.82. The lowest BCUT2D eigenvalue weighted by Crippen LogP contribution is -2.32. The fourth-order valence-electron chi connectivity index (χ4n) is 1.60. The molecule has 1 aromatic rings. The molecule has 0 saturated carbocycles. The van der Waals surface area contributed by atoms with Crippen molar-refractivity contribution in [2.45, 2.75) is 19.5 Å². The quantitative estimate of drug-likeness (QED) is 0.808. The lowest BCUT2D eigenvalue weighted by atomic mass is 10.0. The van der Waals surface area contributed by atoms with Gasteiger partial charge in [0.15, 0.2) is 0 Å². The van der Waals surface area contributed by atoms with Crippen molar-refractivity contribution < 1.29 is 17.6 Å². The molecular weight excluding hydrogens is 314 g/mol. The molecule has 18 heavy (non-hydrogen) atoms. The lowest BCUT2D eigenvalue weighted by molar-refractivity contribution is -0.125. The Morgan fingerprint density at radius 2 is 2.00 bits per heavy atom. The van der Waals surface area contributed by atoms with Crippen molar-refractivity contribution in [1.29, 1.82) is 0 Å². The van der Waals surface area contributed by atoms with Crippen molar-refractivity contribution in [2.75, 3.05) is 13.1 Å². The van der Waals surface area contributed by atoms with Gasteiger partial charge in [-0.15, -0.1) is 0 Å². The predicted octanol–water partition coefficient (Wildman–Crippen LogP) is 3.92. The van der Waals surface area contributed by atoms with Crippen LogP contribution in [0.3, 0.4) is 0 Å². The van der Waals surface area contributed by atoms with Crippen molar-refractivity contribution in [2.24, 2.45) is 5.92 Å². The fourth-order valence-corrected chi connectivity index (χ4v) is 2.11. The summed E-state index contributed by atoms with van der Waals surface area (Å²) in [6, 6.07) is 4.33. The van der Waals surface area contributed by atoms with Gasteiger partial charge in [-0.05, 0) is 36.6 Å². The van der Waals surface area contributed by atoms with Gasteiger partial charge >= 0.3 is 6.18 Å². The van der Waals surface area contributed by atoms with E-state index < -0.39 is 12.7 Å². The maximum atomic E-state index is 12.9. The van der Waals surface area contributed by atoms with Gasteiger partial charge in [-0.2, -0.15) is 13.2 Å². The Kier molecular flexibility index (Phi) is 5.59. The van der Waals surface area contributed by atoms with Crippen LogP contribution in [-0.4, -0.2) is 19.3 Å². The minimum atomic E-state index is -4.18. The minimum Gasteiger partial charge on any atom is -0.308 e. The molecule has 0 radical (unpaired) electrons. The minimum absolute atomic E-state index is 0.0362. The molecule has 0 saturated heterocycles. The molecule has 0 heterocycles. The zero-order chi connectivity index (χ0) is 13.8. The van der Waals surface area contributed by atoms with E-state index in [1.807, 2.05) is 6.92 Å². The van der Waals surface area contributed by atoms with E-state index in [1.165, 1.54) is 12.1 Å². The molecule has 1 aromatic carbocycles. The van der Waals surface area contributed by atoms with Crippen molar-refractivity contribution in [1.82, 2.24) is 5.32 Å². The highest BCUT2D eigenvalue weighted by molar-refractivity contribution is 9.10. The van der Waals surface area contributed by atoms with E-state index in [4.69, 9.17) is 0 Å². The molecule has 0 spiro atoms. The second-order valence-corrected chi connectivity index (χ2v) is 5.15. The lowest BCUT2D eigenvalue weighted by Gasteiger charge is -2.14. The van der Waals surface area contributed by atoms with Crippen molar-refractivity contribution >= 4 is 15.9 Å². The SMILES string of the molecule is CC(CNCC(F)(F)F)Cc1ccc(F)cc1Br. The molecule has 1 N–H and O–H groups in total. The molecule has 0 aromatic heterocycles.